The molecule has 1 atom stereocenters. The fourth-order valence-corrected chi connectivity index (χ4v) is 2.30. The van der Waals surface area contributed by atoms with Crippen molar-refractivity contribution in [3.63, 3.8) is 0 Å². The fraction of sp³-hybridized carbons (Fsp3) is 0.125. The van der Waals surface area contributed by atoms with E-state index in [0.717, 1.165) is 16.7 Å². The number of nitriles is 1. The average molecular weight is 307 g/mol. The summed E-state index contributed by atoms with van der Waals surface area (Å²) < 4.78 is 1.55. The molecule has 3 aromatic rings. The molecule has 7 nitrogen and oxygen atoms in total. The number of fused-ring (bicyclic) bond motifs is 1. The van der Waals surface area contributed by atoms with E-state index in [1.165, 1.54) is 0 Å². The van der Waals surface area contributed by atoms with Crippen LogP contribution in [0.5, 0.6) is 0 Å². The first-order valence-corrected chi connectivity index (χ1v) is 6.90. The second-order valence-electron chi connectivity index (χ2n) is 5.14. The van der Waals surface area contributed by atoms with Gasteiger partial charge in [-0.05, 0) is 17.5 Å². The molecule has 23 heavy (non-hydrogen) atoms. The van der Waals surface area contributed by atoms with Crippen LogP contribution in [0, 0.1) is 11.3 Å². The second kappa shape index (κ2) is 5.87. The molecule has 3 rings (SSSR count). The SMILES string of the molecule is N#Cc1cc2ncc(-c3cccc(CC(N)C(=O)O)c3)cn2n1. The van der Waals surface area contributed by atoms with Crippen LogP contribution in [0.4, 0.5) is 0 Å². The lowest BCUT2D eigenvalue weighted by Crippen LogP contribution is -2.32. The first-order chi connectivity index (χ1) is 11.1. The van der Waals surface area contributed by atoms with Crippen LogP contribution >= 0.6 is 0 Å². The highest BCUT2D eigenvalue weighted by molar-refractivity contribution is 5.73. The third-order valence-corrected chi connectivity index (χ3v) is 3.46. The Hall–Kier alpha value is -3.24. The zero-order valence-corrected chi connectivity index (χ0v) is 12.0. The number of carboxylic acid groups (broad SMARTS) is 1. The van der Waals surface area contributed by atoms with E-state index in [4.69, 9.17) is 16.1 Å². The van der Waals surface area contributed by atoms with Crippen LogP contribution < -0.4 is 5.73 Å². The van der Waals surface area contributed by atoms with Crippen molar-refractivity contribution >= 4 is 11.6 Å². The summed E-state index contributed by atoms with van der Waals surface area (Å²) in [5.74, 6) is -1.03. The Morgan fingerprint density at radius 1 is 1.39 bits per heavy atom. The third kappa shape index (κ3) is 3.02. The smallest absolute Gasteiger partial charge is 0.320 e. The fourth-order valence-electron chi connectivity index (χ4n) is 2.30. The van der Waals surface area contributed by atoms with E-state index in [-0.39, 0.29) is 6.42 Å². The predicted octanol–water partition coefficient (Wildman–Crippen LogP) is 1.22. The summed E-state index contributed by atoms with van der Waals surface area (Å²) in [5.41, 5.74) is 8.99. The third-order valence-electron chi connectivity index (χ3n) is 3.46. The molecule has 0 aliphatic carbocycles. The first-order valence-electron chi connectivity index (χ1n) is 6.90. The lowest BCUT2D eigenvalue weighted by molar-refractivity contribution is -0.138. The number of rotatable bonds is 4. The molecule has 0 spiro atoms. The van der Waals surface area contributed by atoms with Gasteiger partial charge in [-0.25, -0.2) is 9.50 Å². The van der Waals surface area contributed by atoms with E-state index in [0.29, 0.717) is 11.3 Å². The monoisotopic (exact) mass is 307 g/mol. The van der Waals surface area contributed by atoms with E-state index in [1.807, 2.05) is 30.3 Å². The molecule has 2 aromatic heterocycles. The lowest BCUT2D eigenvalue weighted by atomic mass is 10.0. The molecule has 114 valence electrons. The van der Waals surface area contributed by atoms with Crippen LogP contribution in [0.15, 0.2) is 42.7 Å². The van der Waals surface area contributed by atoms with Crippen molar-refractivity contribution in [1.29, 1.82) is 5.26 Å². The van der Waals surface area contributed by atoms with Gasteiger partial charge in [0.25, 0.3) is 0 Å². The zero-order chi connectivity index (χ0) is 16.4. The Morgan fingerprint density at radius 2 is 2.22 bits per heavy atom. The van der Waals surface area contributed by atoms with Crippen molar-refractivity contribution in [2.24, 2.45) is 5.73 Å². The summed E-state index contributed by atoms with van der Waals surface area (Å²) in [7, 11) is 0. The molecule has 0 amide bonds. The number of hydrogen-bond donors (Lipinski definition) is 2. The Balaban J connectivity index is 1.95. The highest BCUT2D eigenvalue weighted by atomic mass is 16.4. The minimum absolute atomic E-state index is 0.249. The summed E-state index contributed by atoms with van der Waals surface area (Å²) in [6.45, 7) is 0. The molecule has 7 heteroatoms. The number of carboxylic acids is 1. The van der Waals surface area contributed by atoms with Crippen molar-refractivity contribution < 1.29 is 9.90 Å². The predicted molar refractivity (Wildman–Crippen MR) is 82.5 cm³/mol. The minimum Gasteiger partial charge on any atom is -0.480 e. The number of carbonyl (C=O) groups is 1. The van der Waals surface area contributed by atoms with Crippen molar-refractivity contribution in [1.82, 2.24) is 14.6 Å². The summed E-state index contributed by atoms with van der Waals surface area (Å²) >= 11 is 0. The van der Waals surface area contributed by atoms with Crippen LogP contribution in [0.2, 0.25) is 0 Å². The molecule has 2 heterocycles. The Morgan fingerprint density at radius 3 is 2.96 bits per heavy atom. The number of aromatic nitrogens is 3. The van der Waals surface area contributed by atoms with E-state index in [2.05, 4.69) is 10.1 Å². The summed E-state index contributed by atoms with van der Waals surface area (Å²) in [6, 6.07) is 10.1. The number of hydrogen-bond acceptors (Lipinski definition) is 5. The first kappa shape index (κ1) is 14.7. The van der Waals surface area contributed by atoms with Crippen molar-refractivity contribution in [3.8, 4) is 17.2 Å². The minimum atomic E-state index is -1.03. The van der Waals surface area contributed by atoms with Gasteiger partial charge in [-0.2, -0.15) is 10.4 Å². The molecule has 0 aliphatic heterocycles. The van der Waals surface area contributed by atoms with Gasteiger partial charge in [-0.1, -0.05) is 24.3 Å². The largest absolute Gasteiger partial charge is 0.480 e. The number of benzene rings is 1. The van der Waals surface area contributed by atoms with Crippen molar-refractivity contribution in [2.45, 2.75) is 12.5 Å². The van der Waals surface area contributed by atoms with Gasteiger partial charge in [0.2, 0.25) is 0 Å². The number of aliphatic carboxylic acids is 1. The molecule has 0 saturated carbocycles. The van der Waals surface area contributed by atoms with Gasteiger partial charge in [-0.3, -0.25) is 4.79 Å². The van der Waals surface area contributed by atoms with Crippen LogP contribution in [0.1, 0.15) is 11.3 Å². The average Bonchev–Trinajstić information content (AvgIpc) is 2.97. The van der Waals surface area contributed by atoms with Crippen molar-refractivity contribution in [3.05, 3.63) is 54.0 Å². The molecular weight excluding hydrogens is 294 g/mol. The molecular formula is C16H13N5O2. The lowest BCUT2D eigenvalue weighted by Gasteiger charge is -2.08. The molecule has 0 saturated heterocycles. The molecule has 0 aliphatic rings. The Bertz CT molecular complexity index is 926. The van der Waals surface area contributed by atoms with Gasteiger partial charge in [0.05, 0.1) is 0 Å². The number of nitrogens with two attached hydrogens (primary N) is 1. The van der Waals surface area contributed by atoms with E-state index < -0.39 is 12.0 Å². The standard InChI is InChI=1S/C16H13N5O2/c17-7-13-6-15-19-8-12(9-21(15)20-13)11-3-1-2-10(4-11)5-14(18)16(22)23/h1-4,6,8-9,14H,5,18H2,(H,22,23). The highest BCUT2D eigenvalue weighted by Crippen LogP contribution is 2.21. The molecule has 1 unspecified atom stereocenters. The van der Waals surface area contributed by atoms with Gasteiger partial charge in [-0.15, -0.1) is 0 Å². The second-order valence-corrected chi connectivity index (χ2v) is 5.14. The van der Waals surface area contributed by atoms with Gasteiger partial charge >= 0.3 is 5.97 Å². The van der Waals surface area contributed by atoms with E-state index >= 15 is 0 Å². The molecule has 0 fully saturated rings. The molecule has 0 bridgehead atoms. The summed E-state index contributed by atoms with van der Waals surface area (Å²) in [5, 5.41) is 21.9. The van der Waals surface area contributed by atoms with Gasteiger partial charge in [0.15, 0.2) is 11.3 Å². The van der Waals surface area contributed by atoms with Crippen LogP contribution in [-0.4, -0.2) is 31.7 Å². The highest BCUT2D eigenvalue weighted by Gasteiger charge is 2.12. The molecule has 0 radical (unpaired) electrons. The normalized spacial score (nSPS) is 12.0. The maximum absolute atomic E-state index is 10.9. The maximum atomic E-state index is 10.9. The van der Waals surface area contributed by atoms with Crippen molar-refractivity contribution in [2.75, 3.05) is 0 Å². The quantitative estimate of drug-likeness (QED) is 0.748. The Labute approximate surface area is 131 Å². The zero-order valence-electron chi connectivity index (χ0n) is 12.0. The molecule has 1 aromatic carbocycles. The van der Waals surface area contributed by atoms with Gasteiger partial charge < -0.3 is 10.8 Å². The summed E-state index contributed by atoms with van der Waals surface area (Å²) in [4.78, 5) is 15.1. The van der Waals surface area contributed by atoms with Crippen LogP contribution in [0.25, 0.3) is 16.8 Å². The number of nitrogens with zero attached hydrogens (tertiary/aromatic N) is 4. The topological polar surface area (TPSA) is 117 Å². The van der Waals surface area contributed by atoms with E-state index in [9.17, 15) is 4.79 Å². The Kier molecular flexibility index (Phi) is 3.75. The molecule has 3 N–H and O–H groups in total. The van der Waals surface area contributed by atoms with Crippen LogP contribution in [0.3, 0.4) is 0 Å². The van der Waals surface area contributed by atoms with Crippen LogP contribution in [-0.2, 0) is 11.2 Å². The maximum Gasteiger partial charge on any atom is 0.320 e. The van der Waals surface area contributed by atoms with E-state index in [1.54, 1.807) is 23.0 Å². The van der Waals surface area contributed by atoms with Gasteiger partial charge in [0.1, 0.15) is 12.1 Å². The van der Waals surface area contributed by atoms with Gasteiger partial charge in [0, 0.05) is 24.0 Å². The summed E-state index contributed by atoms with van der Waals surface area (Å²) in [6.07, 6.45) is 3.72.